The lowest BCUT2D eigenvalue weighted by Gasteiger charge is -2.12. The molecule has 0 aliphatic carbocycles. The van der Waals surface area contributed by atoms with Gasteiger partial charge in [0.2, 0.25) is 11.6 Å². The molecule has 11 nitrogen and oxygen atoms in total. The van der Waals surface area contributed by atoms with E-state index < -0.39 is 17.1 Å². The Bertz CT molecular complexity index is 1280. The summed E-state index contributed by atoms with van der Waals surface area (Å²) in [6.45, 7) is 4.43. The Morgan fingerprint density at radius 1 is 1.06 bits per heavy atom. The molecule has 1 aromatic carbocycles. The first-order valence-electron chi connectivity index (χ1n) is 10.9. The van der Waals surface area contributed by atoms with Gasteiger partial charge in [0.05, 0.1) is 5.69 Å². The summed E-state index contributed by atoms with van der Waals surface area (Å²) in [5, 5.41) is 18.4. The van der Waals surface area contributed by atoms with Gasteiger partial charge in [0.15, 0.2) is 0 Å². The topological polar surface area (TPSA) is 141 Å². The summed E-state index contributed by atoms with van der Waals surface area (Å²) >= 11 is 0. The lowest BCUT2D eigenvalue weighted by molar-refractivity contribution is -0.129. The molecule has 0 atom stereocenters. The van der Waals surface area contributed by atoms with Crippen LogP contribution < -0.4 is 11.2 Å². The van der Waals surface area contributed by atoms with E-state index in [1.807, 2.05) is 44.2 Å². The van der Waals surface area contributed by atoms with Gasteiger partial charge in [-0.2, -0.15) is 0 Å². The summed E-state index contributed by atoms with van der Waals surface area (Å²) in [5.41, 5.74) is 0.457. The summed E-state index contributed by atoms with van der Waals surface area (Å²) in [5.74, 6) is -0.594. The van der Waals surface area contributed by atoms with Crippen LogP contribution >= 0.6 is 0 Å². The molecule has 0 unspecified atom stereocenters. The number of rotatable bonds is 11. The molecule has 0 saturated carbocycles. The minimum absolute atomic E-state index is 0.00637. The van der Waals surface area contributed by atoms with Gasteiger partial charge >= 0.3 is 5.69 Å². The van der Waals surface area contributed by atoms with Crippen LogP contribution in [0.25, 0.3) is 0 Å². The van der Waals surface area contributed by atoms with Crippen molar-refractivity contribution >= 4 is 18.1 Å². The third-order valence-corrected chi connectivity index (χ3v) is 4.97. The number of ether oxygens (including phenoxy) is 1. The zero-order valence-corrected chi connectivity index (χ0v) is 19.0. The van der Waals surface area contributed by atoms with E-state index >= 15 is 0 Å². The molecule has 1 N–H and O–H groups in total. The summed E-state index contributed by atoms with van der Waals surface area (Å²) in [6, 6.07) is 9.55. The second-order valence-corrected chi connectivity index (χ2v) is 7.47. The van der Waals surface area contributed by atoms with Crippen LogP contribution in [-0.4, -0.2) is 30.7 Å². The highest BCUT2D eigenvalue weighted by atomic mass is 16.5. The van der Waals surface area contributed by atoms with Crippen LogP contribution in [0.2, 0.25) is 0 Å². The van der Waals surface area contributed by atoms with E-state index in [2.05, 4.69) is 20.2 Å². The zero-order chi connectivity index (χ0) is 24.5. The number of benzene rings is 1. The van der Waals surface area contributed by atoms with Crippen molar-refractivity contribution in [2.45, 2.75) is 52.8 Å². The Morgan fingerprint density at radius 2 is 1.76 bits per heavy atom. The minimum atomic E-state index is -0.735. The Kier molecular flexibility index (Phi) is 8.38. The molecule has 178 valence electrons. The molecule has 3 aromatic rings. The van der Waals surface area contributed by atoms with Gasteiger partial charge in [-0.3, -0.25) is 18.7 Å². The van der Waals surface area contributed by atoms with Crippen molar-refractivity contribution in [1.29, 1.82) is 0 Å². The Labute approximate surface area is 195 Å². The third kappa shape index (κ3) is 5.61. The number of hydrogen-bond acceptors (Lipinski definition) is 9. The van der Waals surface area contributed by atoms with E-state index in [4.69, 9.17) is 4.74 Å². The lowest BCUT2D eigenvalue weighted by Crippen LogP contribution is -2.39. The molecule has 2 aromatic heterocycles. The number of nitrogens with zero attached hydrogens (tertiary/aromatic N) is 6. The first-order valence-corrected chi connectivity index (χ1v) is 10.9. The second kappa shape index (κ2) is 11.6. The molecular weight excluding hydrogens is 440 g/mol. The Hall–Kier alpha value is -4.15. The molecule has 0 aliphatic heterocycles. The van der Waals surface area contributed by atoms with Crippen molar-refractivity contribution in [2.75, 3.05) is 0 Å². The van der Waals surface area contributed by atoms with Crippen molar-refractivity contribution < 1.29 is 14.6 Å². The smallest absolute Gasteiger partial charge is 0.333 e. The van der Waals surface area contributed by atoms with E-state index in [-0.39, 0.29) is 31.3 Å². The number of azo groups is 1. The maximum Gasteiger partial charge on any atom is 0.333 e. The van der Waals surface area contributed by atoms with Crippen molar-refractivity contribution in [2.24, 2.45) is 10.2 Å². The average molecular weight is 466 g/mol. The van der Waals surface area contributed by atoms with Gasteiger partial charge < -0.3 is 9.84 Å². The standard InChI is InChI=1S/C23H26N6O5/c1-3-10-28-20(31)19(21(32)29(11-4-2)23(28)33)26-27-22-24-13-17(14-34-15-30)18(25-22)12-16-8-6-5-7-9-16/h5-9,13,15,31H,3-4,10-12,14H2,1-2H3. The third-order valence-electron chi connectivity index (χ3n) is 4.97. The normalized spacial score (nSPS) is 11.1. The van der Waals surface area contributed by atoms with Crippen molar-refractivity contribution in [3.63, 3.8) is 0 Å². The highest BCUT2D eigenvalue weighted by molar-refractivity contribution is 5.44. The van der Waals surface area contributed by atoms with Crippen LogP contribution in [-0.2, 0) is 35.6 Å². The molecular formula is C23H26N6O5. The molecule has 0 amide bonds. The number of carbonyl (C=O) groups excluding carboxylic acids is 1. The minimum Gasteiger partial charge on any atom is -0.493 e. The van der Waals surface area contributed by atoms with Gasteiger partial charge in [-0.1, -0.05) is 44.2 Å². The number of hydrogen-bond donors (Lipinski definition) is 1. The van der Waals surface area contributed by atoms with Crippen LogP contribution in [0.1, 0.15) is 43.5 Å². The molecule has 0 fully saturated rings. The van der Waals surface area contributed by atoms with Crippen LogP contribution in [0.4, 0.5) is 11.6 Å². The van der Waals surface area contributed by atoms with Gasteiger partial charge in [0.1, 0.15) is 6.61 Å². The molecule has 0 radical (unpaired) electrons. The largest absolute Gasteiger partial charge is 0.493 e. The van der Waals surface area contributed by atoms with Gasteiger partial charge in [-0.05, 0) is 18.4 Å². The number of aromatic nitrogens is 4. The zero-order valence-electron chi connectivity index (χ0n) is 19.0. The van der Waals surface area contributed by atoms with Crippen molar-refractivity contribution in [3.05, 3.63) is 74.2 Å². The lowest BCUT2D eigenvalue weighted by atomic mass is 10.1. The van der Waals surface area contributed by atoms with E-state index in [1.165, 1.54) is 6.20 Å². The van der Waals surface area contributed by atoms with E-state index in [0.29, 0.717) is 37.0 Å². The maximum absolute atomic E-state index is 12.8. The maximum atomic E-state index is 12.8. The van der Waals surface area contributed by atoms with Crippen LogP contribution in [0.5, 0.6) is 5.88 Å². The fraction of sp³-hybridized carbons (Fsp3) is 0.348. The fourth-order valence-corrected chi connectivity index (χ4v) is 3.37. The molecule has 3 rings (SSSR count). The van der Waals surface area contributed by atoms with Gasteiger partial charge in [0, 0.05) is 31.3 Å². The quantitative estimate of drug-likeness (QED) is 0.338. The second-order valence-electron chi connectivity index (χ2n) is 7.47. The predicted octanol–water partition coefficient (Wildman–Crippen LogP) is 3.00. The van der Waals surface area contributed by atoms with Crippen molar-refractivity contribution in [1.82, 2.24) is 19.1 Å². The highest BCUT2D eigenvalue weighted by Gasteiger charge is 2.18. The first-order chi connectivity index (χ1) is 16.5. The SMILES string of the molecule is CCCn1c(O)c(N=Nc2ncc(COC=O)c(Cc3ccccc3)n2)c(=O)n(CCC)c1=O. The van der Waals surface area contributed by atoms with E-state index in [1.54, 1.807) is 0 Å². The molecule has 11 heteroatoms. The van der Waals surface area contributed by atoms with Gasteiger partial charge in [-0.25, -0.2) is 14.8 Å². The molecule has 0 spiro atoms. The van der Waals surface area contributed by atoms with Crippen LogP contribution in [0.15, 0.2) is 56.3 Å². The molecule has 0 bridgehead atoms. The summed E-state index contributed by atoms with van der Waals surface area (Å²) in [6.07, 6.45) is 3.03. The summed E-state index contributed by atoms with van der Waals surface area (Å²) < 4.78 is 7.00. The molecule has 0 aliphatic rings. The molecule has 2 heterocycles. The highest BCUT2D eigenvalue weighted by Crippen LogP contribution is 2.23. The number of aromatic hydroxyl groups is 1. The summed E-state index contributed by atoms with van der Waals surface area (Å²) in [4.78, 5) is 44.6. The number of carbonyl (C=O) groups is 1. The molecule has 34 heavy (non-hydrogen) atoms. The predicted molar refractivity (Wildman–Crippen MR) is 124 cm³/mol. The summed E-state index contributed by atoms with van der Waals surface area (Å²) in [7, 11) is 0. The fourth-order valence-electron chi connectivity index (χ4n) is 3.37. The van der Waals surface area contributed by atoms with Gasteiger partial charge in [-0.15, -0.1) is 10.2 Å². The van der Waals surface area contributed by atoms with E-state index in [0.717, 1.165) is 14.7 Å². The Morgan fingerprint density at radius 3 is 2.44 bits per heavy atom. The van der Waals surface area contributed by atoms with E-state index in [9.17, 15) is 19.5 Å². The first kappa shape index (κ1) is 24.5. The van der Waals surface area contributed by atoms with Crippen LogP contribution in [0, 0.1) is 0 Å². The monoisotopic (exact) mass is 466 g/mol. The van der Waals surface area contributed by atoms with Crippen LogP contribution in [0.3, 0.4) is 0 Å². The Balaban J connectivity index is 2.03. The van der Waals surface area contributed by atoms with Gasteiger partial charge in [0.25, 0.3) is 18.0 Å². The molecule has 0 saturated heterocycles. The van der Waals surface area contributed by atoms with Crippen molar-refractivity contribution in [3.8, 4) is 5.88 Å². The average Bonchev–Trinajstić information content (AvgIpc) is 2.84.